The fourth-order valence-electron chi connectivity index (χ4n) is 1.99. The van der Waals surface area contributed by atoms with E-state index in [0.29, 0.717) is 11.4 Å². The van der Waals surface area contributed by atoms with Crippen LogP contribution in [0.1, 0.15) is 0 Å². The van der Waals surface area contributed by atoms with Crippen molar-refractivity contribution in [2.45, 2.75) is 5.16 Å². The van der Waals surface area contributed by atoms with Crippen LogP contribution in [-0.4, -0.2) is 31.5 Å². The second-order valence-electron chi connectivity index (χ2n) is 4.85. The maximum absolute atomic E-state index is 13.5. The number of hydrogen-bond donors (Lipinski definition) is 2. The number of rotatable bonds is 5. The lowest BCUT2D eigenvalue weighted by atomic mass is 10.3. The molecule has 0 aliphatic carbocycles. The number of nitrogens with two attached hydrogens (primary N) is 1. The summed E-state index contributed by atoms with van der Waals surface area (Å²) in [5, 5.41) is 10.3. The van der Waals surface area contributed by atoms with Crippen molar-refractivity contribution < 1.29 is 13.6 Å². The first-order valence-electron chi connectivity index (χ1n) is 7.04. The highest BCUT2D eigenvalue weighted by Gasteiger charge is 2.16. The zero-order chi connectivity index (χ0) is 17.8. The van der Waals surface area contributed by atoms with Gasteiger partial charge in [0.25, 0.3) is 0 Å². The third-order valence-corrected chi connectivity index (χ3v) is 4.09. The number of nitrogen functional groups attached to an aromatic ring is 1. The number of anilines is 1. The van der Waals surface area contributed by atoms with Crippen LogP contribution in [0, 0.1) is 11.6 Å². The average molecular weight is 362 g/mol. The summed E-state index contributed by atoms with van der Waals surface area (Å²) in [6.07, 6.45) is 3.19. The van der Waals surface area contributed by atoms with Crippen molar-refractivity contribution in [1.82, 2.24) is 19.9 Å². The average Bonchev–Trinajstić information content (AvgIpc) is 2.98. The Kier molecular flexibility index (Phi) is 4.89. The molecule has 0 spiro atoms. The van der Waals surface area contributed by atoms with Crippen LogP contribution in [0.4, 0.5) is 14.5 Å². The van der Waals surface area contributed by atoms with Crippen LogP contribution in [0.2, 0.25) is 0 Å². The SMILES string of the molecule is Nn1c(SCC(=O)Nc2c(F)cccc2F)nnc1-c1cccnc1. The van der Waals surface area contributed by atoms with Crippen LogP contribution in [0.3, 0.4) is 0 Å². The number of aromatic nitrogens is 4. The molecule has 0 atom stereocenters. The summed E-state index contributed by atoms with van der Waals surface area (Å²) in [6, 6.07) is 6.83. The van der Waals surface area contributed by atoms with Gasteiger partial charge in [-0.05, 0) is 24.3 Å². The molecule has 0 unspecified atom stereocenters. The number of thioether (sulfide) groups is 1. The zero-order valence-electron chi connectivity index (χ0n) is 12.7. The van der Waals surface area contributed by atoms with Gasteiger partial charge >= 0.3 is 0 Å². The topological polar surface area (TPSA) is 98.7 Å². The van der Waals surface area contributed by atoms with Crippen LogP contribution >= 0.6 is 11.8 Å². The summed E-state index contributed by atoms with van der Waals surface area (Å²) in [7, 11) is 0. The van der Waals surface area contributed by atoms with Gasteiger partial charge in [-0.25, -0.2) is 13.5 Å². The third-order valence-electron chi connectivity index (χ3n) is 3.14. The first kappa shape index (κ1) is 16.8. The summed E-state index contributed by atoms with van der Waals surface area (Å²) in [5.41, 5.74) is 0.181. The third kappa shape index (κ3) is 3.74. The number of halogens is 2. The summed E-state index contributed by atoms with van der Waals surface area (Å²) in [5.74, 6) is 3.86. The van der Waals surface area contributed by atoms with Crippen molar-refractivity contribution >= 4 is 23.4 Å². The summed E-state index contributed by atoms with van der Waals surface area (Å²) < 4.78 is 28.3. The number of amides is 1. The Hall–Kier alpha value is -3.01. The molecule has 0 aliphatic heterocycles. The lowest BCUT2D eigenvalue weighted by molar-refractivity contribution is -0.113. The molecule has 1 aromatic carbocycles. The predicted molar refractivity (Wildman–Crippen MR) is 89.1 cm³/mol. The Balaban J connectivity index is 1.66. The molecule has 0 radical (unpaired) electrons. The van der Waals surface area contributed by atoms with Gasteiger partial charge in [-0.15, -0.1) is 10.2 Å². The second kappa shape index (κ2) is 7.26. The first-order chi connectivity index (χ1) is 12.1. The smallest absolute Gasteiger partial charge is 0.235 e. The van der Waals surface area contributed by atoms with E-state index in [4.69, 9.17) is 5.84 Å². The fourth-order valence-corrected chi connectivity index (χ4v) is 2.65. The fraction of sp³-hybridized carbons (Fsp3) is 0.0667. The highest BCUT2D eigenvalue weighted by molar-refractivity contribution is 7.99. The number of carbonyl (C=O) groups is 1. The molecule has 2 aromatic heterocycles. The van der Waals surface area contributed by atoms with Gasteiger partial charge in [0, 0.05) is 18.0 Å². The molecular formula is C15H12F2N6OS. The van der Waals surface area contributed by atoms with Crippen molar-refractivity contribution in [1.29, 1.82) is 0 Å². The monoisotopic (exact) mass is 362 g/mol. The molecule has 0 saturated heterocycles. The molecule has 0 saturated carbocycles. The first-order valence-corrected chi connectivity index (χ1v) is 8.02. The molecule has 0 bridgehead atoms. The molecule has 10 heteroatoms. The van der Waals surface area contributed by atoms with E-state index < -0.39 is 23.2 Å². The summed E-state index contributed by atoms with van der Waals surface area (Å²) in [4.78, 5) is 15.9. The minimum absolute atomic E-state index is 0.143. The van der Waals surface area contributed by atoms with Gasteiger partial charge in [-0.3, -0.25) is 9.78 Å². The summed E-state index contributed by atoms with van der Waals surface area (Å²) >= 11 is 0.989. The Bertz CT molecular complexity index is 882. The quantitative estimate of drug-likeness (QED) is 0.532. The van der Waals surface area contributed by atoms with E-state index in [-0.39, 0.29) is 10.9 Å². The standard InChI is InChI=1S/C15H12F2N6OS/c16-10-4-1-5-11(17)13(10)20-12(24)8-25-15-22-21-14(23(15)18)9-3-2-6-19-7-9/h1-7H,8,18H2,(H,20,24). The molecule has 2 heterocycles. The molecule has 0 aliphatic rings. The molecule has 3 N–H and O–H groups in total. The van der Waals surface area contributed by atoms with E-state index in [9.17, 15) is 13.6 Å². The van der Waals surface area contributed by atoms with Crippen LogP contribution in [0.5, 0.6) is 0 Å². The number of nitrogens with one attached hydrogen (secondary N) is 1. The Morgan fingerprint density at radius 3 is 2.64 bits per heavy atom. The normalized spacial score (nSPS) is 10.6. The Morgan fingerprint density at radius 1 is 1.20 bits per heavy atom. The number of hydrogen-bond acceptors (Lipinski definition) is 6. The highest BCUT2D eigenvalue weighted by Crippen LogP contribution is 2.22. The van der Waals surface area contributed by atoms with E-state index in [1.165, 1.54) is 10.7 Å². The van der Waals surface area contributed by atoms with Gasteiger partial charge in [0.05, 0.1) is 5.75 Å². The molecular weight excluding hydrogens is 350 g/mol. The minimum atomic E-state index is -0.848. The van der Waals surface area contributed by atoms with Gasteiger partial charge in [-0.1, -0.05) is 17.8 Å². The van der Waals surface area contributed by atoms with Gasteiger partial charge in [0.1, 0.15) is 17.3 Å². The lowest BCUT2D eigenvalue weighted by Crippen LogP contribution is -2.18. The molecule has 3 rings (SSSR count). The van der Waals surface area contributed by atoms with Crippen LogP contribution in [0.25, 0.3) is 11.4 Å². The number of nitrogens with zero attached hydrogens (tertiary/aromatic N) is 4. The Labute approximate surface area is 145 Å². The van der Waals surface area contributed by atoms with E-state index >= 15 is 0 Å². The van der Waals surface area contributed by atoms with Crippen molar-refractivity contribution in [2.75, 3.05) is 16.9 Å². The van der Waals surface area contributed by atoms with Crippen LogP contribution < -0.4 is 11.2 Å². The van der Waals surface area contributed by atoms with E-state index in [1.54, 1.807) is 24.5 Å². The molecule has 7 nitrogen and oxygen atoms in total. The van der Waals surface area contributed by atoms with Crippen LogP contribution in [-0.2, 0) is 4.79 Å². The predicted octanol–water partition coefficient (Wildman–Crippen LogP) is 2.06. The maximum Gasteiger partial charge on any atom is 0.235 e. The van der Waals surface area contributed by atoms with Crippen molar-refractivity contribution in [3.8, 4) is 11.4 Å². The number of para-hydroxylation sites is 1. The van der Waals surface area contributed by atoms with Gasteiger partial charge in [0.15, 0.2) is 5.82 Å². The van der Waals surface area contributed by atoms with Crippen LogP contribution in [0.15, 0.2) is 47.9 Å². The number of benzene rings is 1. The van der Waals surface area contributed by atoms with Gasteiger partial charge in [0.2, 0.25) is 11.1 Å². The molecule has 25 heavy (non-hydrogen) atoms. The highest BCUT2D eigenvalue weighted by atomic mass is 32.2. The van der Waals surface area contributed by atoms with Gasteiger partial charge in [-0.2, -0.15) is 0 Å². The van der Waals surface area contributed by atoms with E-state index in [0.717, 1.165) is 23.9 Å². The maximum atomic E-state index is 13.5. The molecule has 0 fully saturated rings. The minimum Gasteiger partial charge on any atom is -0.335 e. The molecule has 3 aromatic rings. The van der Waals surface area contributed by atoms with Crippen molar-refractivity contribution in [3.05, 3.63) is 54.4 Å². The van der Waals surface area contributed by atoms with E-state index in [2.05, 4.69) is 20.5 Å². The van der Waals surface area contributed by atoms with E-state index in [1.807, 2.05) is 0 Å². The number of carbonyl (C=O) groups excluding carboxylic acids is 1. The number of pyridine rings is 1. The molecule has 128 valence electrons. The van der Waals surface area contributed by atoms with Crippen molar-refractivity contribution in [3.63, 3.8) is 0 Å². The van der Waals surface area contributed by atoms with Crippen molar-refractivity contribution in [2.24, 2.45) is 0 Å². The molecule has 1 amide bonds. The Morgan fingerprint density at radius 2 is 1.96 bits per heavy atom. The second-order valence-corrected chi connectivity index (χ2v) is 5.79. The largest absolute Gasteiger partial charge is 0.335 e. The lowest BCUT2D eigenvalue weighted by Gasteiger charge is -2.07. The zero-order valence-corrected chi connectivity index (χ0v) is 13.5. The summed E-state index contributed by atoms with van der Waals surface area (Å²) in [6.45, 7) is 0. The van der Waals surface area contributed by atoms with Gasteiger partial charge < -0.3 is 11.2 Å².